The highest BCUT2D eigenvalue weighted by Crippen LogP contribution is 2.29. The van der Waals surface area contributed by atoms with Crippen LogP contribution in [0.5, 0.6) is 11.5 Å². The maximum absolute atomic E-state index is 12.9. The smallest absolute Gasteiger partial charge is 0.228 e. The lowest BCUT2D eigenvalue weighted by Gasteiger charge is -2.13. The molecule has 224 valence electrons. The first kappa shape index (κ1) is 34.3. The zero-order chi connectivity index (χ0) is 28.3. The van der Waals surface area contributed by atoms with E-state index in [2.05, 4.69) is 16.8 Å². The molecule has 0 radical (unpaired) electrons. The lowest BCUT2D eigenvalue weighted by atomic mass is 10.1. The van der Waals surface area contributed by atoms with E-state index in [1.165, 1.54) is 70.6 Å². The number of amides is 1. The van der Waals surface area contributed by atoms with E-state index >= 15 is 0 Å². The van der Waals surface area contributed by atoms with Crippen LogP contribution < -0.4 is 36.3 Å². The van der Waals surface area contributed by atoms with E-state index in [4.69, 9.17) is 9.47 Å². The molecule has 1 heterocycles. The number of anilines is 1. The van der Waals surface area contributed by atoms with Gasteiger partial charge in [-0.1, -0.05) is 108 Å². The molecule has 6 heteroatoms. The molecule has 0 aliphatic heterocycles. The summed E-state index contributed by atoms with van der Waals surface area (Å²) in [5, 5.41) is 3.10. The van der Waals surface area contributed by atoms with Crippen molar-refractivity contribution in [2.45, 2.75) is 96.9 Å². The van der Waals surface area contributed by atoms with Gasteiger partial charge in [0.25, 0.3) is 0 Å². The summed E-state index contributed by atoms with van der Waals surface area (Å²) in [7, 11) is 1.65. The van der Waals surface area contributed by atoms with Crippen molar-refractivity contribution in [2.75, 3.05) is 19.0 Å². The second-order valence-electron chi connectivity index (χ2n) is 10.7. The number of rotatable bonds is 20. The molecule has 2 aromatic carbocycles. The maximum Gasteiger partial charge on any atom is 0.228 e. The van der Waals surface area contributed by atoms with Crippen LogP contribution in [0.2, 0.25) is 0 Å². The number of carbonyl (C=O) groups excluding carboxylic acids is 1. The lowest BCUT2D eigenvalue weighted by Crippen LogP contribution is -3.00. The van der Waals surface area contributed by atoms with Crippen LogP contribution in [0.15, 0.2) is 73.1 Å². The van der Waals surface area contributed by atoms with Crippen LogP contribution in [-0.2, 0) is 17.8 Å². The van der Waals surface area contributed by atoms with Gasteiger partial charge in [0.15, 0.2) is 30.4 Å². The summed E-state index contributed by atoms with van der Waals surface area (Å²) >= 11 is 0. The molecule has 0 aliphatic rings. The van der Waals surface area contributed by atoms with E-state index in [9.17, 15) is 4.79 Å². The van der Waals surface area contributed by atoms with E-state index in [1.807, 2.05) is 73.1 Å². The normalized spacial score (nSPS) is 10.6. The van der Waals surface area contributed by atoms with Crippen LogP contribution in [0.1, 0.15) is 95.1 Å². The molecule has 0 saturated carbocycles. The molecule has 0 spiro atoms. The number of para-hydroxylation sites is 1. The molecule has 5 nitrogen and oxygen atoms in total. The Morgan fingerprint density at radius 2 is 1.39 bits per heavy atom. The fraction of sp³-hybridized carbons (Fsp3) is 0.486. The Morgan fingerprint density at radius 3 is 2.05 bits per heavy atom. The number of unbranched alkanes of at least 4 members (excludes halogenated alkanes) is 11. The minimum absolute atomic E-state index is 0. The second-order valence-corrected chi connectivity index (χ2v) is 10.7. The Bertz CT molecular complexity index is 1120. The second kappa shape index (κ2) is 20.9. The number of benzene rings is 2. The average Bonchev–Trinajstić information content (AvgIpc) is 2.97. The fourth-order valence-electron chi connectivity index (χ4n) is 4.97. The van der Waals surface area contributed by atoms with Gasteiger partial charge >= 0.3 is 0 Å². The lowest BCUT2D eigenvalue weighted by molar-refractivity contribution is -0.688. The van der Waals surface area contributed by atoms with Crippen LogP contribution in [0.4, 0.5) is 5.69 Å². The van der Waals surface area contributed by atoms with E-state index < -0.39 is 0 Å². The zero-order valence-electron chi connectivity index (χ0n) is 25.1. The number of ether oxygens (including phenoxy) is 2. The standard InChI is InChI=1S/C35H48N2O3.BrH/c1-3-4-5-6-7-8-9-10-11-12-13-19-26-40-34-27-30(22-23-33(34)39-2)28-35(38)36-32-21-16-15-20-31(32)29-37-24-17-14-18-25-37;/h14-18,20-25,27H,3-13,19,26,28-29H2,1-2H3;1H. The Labute approximate surface area is 258 Å². The first-order valence-corrected chi connectivity index (χ1v) is 15.3. The molecule has 0 atom stereocenters. The topological polar surface area (TPSA) is 51.4 Å². The van der Waals surface area contributed by atoms with Crippen molar-refractivity contribution in [2.24, 2.45) is 0 Å². The average molecular weight is 626 g/mol. The minimum atomic E-state index is -0.0532. The van der Waals surface area contributed by atoms with E-state index in [0.29, 0.717) is 24.7 Å². The predicted octanol–water partition coefficient (Wildman–Crippen LogP) is 5.30. The van der Waals surface area contributed by atoms with Gasteiger partial charge in [-0.2, -0.15) is 0 Å². The Kier molecular flexibility index (Phi) is 17.5. The van der Waals surface area contributed by atoms with Crippen LogP contribution >= 0.6 is 0 Å². The molecule has 0 aliphatic carbocycles. The first-order chi connectivity index (χ1) is 19.7. The third kappa shape index (κ3) is 13.6. The van der Waals surface area contributed by atoms with Crippen LogP contribution in [-0.4, -0.2) is 19.6 Å². The van der Waals surface area contributed by atoms with Crippen molar-refractivity contribution in [3.05, 3.63) is 84.2 Å². The van der Waals surface area contributed by atoms with Crippen molar-refractivity contribution in [1.82, 2.24) is 0 Å². The Hall–Kier alpha value is -2.86. The Morgan fingerprint density at radius 1 is 0.756 bits per heavy atom. The molecule has 0 unspecified atom stereocenters. The van der Waals surface area contributed by atoms with Crippen LogP contribution in [0.3, 0.4) is 0 Å². The molecule has 3 aromatic rings. The first-order valence-electron chi connectivity index (χ1n) is 15.3. The van der Waals surface area contributed by atoms with Gasteiger partial charge in [-0.15, -0.1) is 0 Å². The van der Waals surface area contributed by atoms with Gasteiger partial charge < -0.3 is 31.8 Å². The fourth-order valence-corrected chi connectivity index (χ4v) is 4.97. The summed E-state index contributed by atoms with van der Waals surface area (Å²) in [6.45, 7) is 3.62. The van der Waals surface area contributed by atoms with Gasteiger partial charge in [-0.25, -0.2) is 4.57 Å². The summed E-state index contributed by atoms with van der Waals surface area (Å²) in [5.41, 5.74) is 2.80. The zero-order valence-corrected chi connectivity index (χ0v) is 26.7. The number of carbonyl (C=O) groups is 1. The van der Waals surface area contributed by atoms with Crippen LogP contribution in [0.25, 0.3) is 0 Å². The van der Waals surface area contributed by atoms with Crippen molar-refractivity contribution >= 4 is 11.6 Å². The number of nitrogens with one attached hydrogen (secondary N) is 1. The molecular formula is C35H49BrN2O3. The number of pyridine rings is 1. The minimum Gasteiger partial charge on any atom is -1.00 e. The molecule has 0 fully saturated rings. The maximum atomic E-state index is 12.9. The number of methoxy groups -OCH3 is 1. The molecule has 0 bridgehead atoms. The van der Waals surface area contributed by atoms with E-state index in [-0.39, 0.29) is 29.3 Å². The highest BCUT2D eigenvalue weighted by molar-refractivity contribution is 5.93. The van der Waals surface area contributed by atoms with Gasteiger partial charge in [0, 0.05) is 17.7 Å². The number of hydrogen-bond donors (Lipinski definition) is 1. The van der Waals surface area contributed by atoms with Crippen molar-refractivity contribution in [1.29, 1.82) is 0 Å². The third-order valence-corrected chi connectivity index (χ3v) is 7.27. The molecule has 0 saturated heterocycles. The summed E-state index contributed by atoms with van der Waals surface area (Å²) < 4.78 is 13.7. The van der Waals surface area contributed by atoms with Gasteiger partial charge in [0.05, 0.1) is 25.8 Å². The van der Waals surface area contributed by atoms with E-state index in [0.717, 1.165) is 23.2 Å². The number of halogens is 1. The summed E-state index contributed by atoms with van der Waals surface area (Å²) in [5.74, 6) is 1.35. The molecule has 1 amide bonds. The molecule has 1 N–H and O–H groups in total. The summed E-state index contributed by atoms with van der Waals surface area (Å²) in [6, 6.07) is 19.7. The summed E-state index contributed by atoms with van der Waals surface area (Å²) in [4.78, 5) is 12.9. The summed E-state index contributed by atoms with van der Waals surface area (Å²) in [6.07, 6.45) is 20.1. The Balaban J connectivity index is 0.00000588. The third-order valence-electron chi connectivity index (χ3n) is 7.27. The molecule has 41 heavy (non-hydrogen) atoms. The van der Waals surface area contributed by atoms with Gasteiger partial charge in [-0.05, 0) is 30.2 Å². The quantitative estimate of drug-likeness (QED) is 0.137. The predicted molar refractivity (Wildman–Crippen MR) is 164 cm³/mol. The molecular weight excluding hydrogens is 576 g/mol. The monoisotopic (exact) mass is 624 g/mol. The van der Waals surface area contributed by atoms with Crippen molar-refractivity contribution in [3.63, 3.8) is 0 Å². The molecule has 1 aromatic heterocycles. The van der Waals surface area contributed by atoms with Crippen molar-refractivity contribution < 1.29 is 35.8 Å². The number of hydrogen-bond acceptors (Lipinski definition) is 3. The van der Waals surface area contributed by atoms with Crippen LogP contribution in [0, 0.1) is 0 Å². The molecule has 3 rings (SSSR count). The number of aromatic nitrogens is 1. The largest absolute Gasteiger partial charge is 1.00 e. The SMILES string of the molecule is CCCCCCCCCCCCCCOc1cc(CC(=O)Nc2ccccc2C[n+]2ccccc2)ccc1OC.[Br-]. The van der Waals surface area contributed by atoms with Gasteiger partial charge in [-0.3, -0.25) is 4.79 Å². The van der Waals surface area contributed by atoms with Gasteiger partial charge in [0.1, 0.15) is 0 Å². The van der Waals surface area contributed by atoms with Gasteiger partial charge in [0.2, 0.25) is 5.91 Å². The van der Waals surface area contributed by atoms with E-state index in [1.54, 1.807) is 7.11 Å². The highest BCUT2D eigenvalue weighted by Gasteiger charge is 2.13. The highest BCUT2D eigenvalue weighted by atomic mass is 79.9. The number of nitrogens with zero attached hydrogens (tertiary/aromatic N) is 1. The van der Waals surface area contributed by atoms with Crippen molar-refractivity contribution in [3.8, 4) is 11.5 Å².